The number of rotatable bonds is 5. The fourth-order valence-corrected chi connectivity index (χ4v) is 3.43. The molecular formula is C15H26N2O3. The van der Waals surface area contributed by atoms with Crippen LogP contribution in [0.5, 0.6) is 0 Å². The van der Waals surface area contributed by atoms with E-state index in [2.05, 4.69) is 12.2 Å². The van der Waals surface area contributed by atoms with Crippen molar-refractivity contribution >= 4 is 12.0 Å². The highest BCUT2D eigenvalue weighted by Crippen LogP contribution is 2.30. The zero-order valence-electron chi connectivity index (χ0n) is 12.3. The van der Waals surface area contributed by atoms with Gasteiger partial charge in [-0.1, -0.05) is 26.2 Å². The molecule has 2 fully saturated rings. The van der Waals surface area contributed by atoms with Crippen LogP contribution in [0, 0.1) is 11.8 Å². The van der Waals surface area contributed by atoms with E-state index in [0.717, 1.165) is 6.42 Å². The molecule has 2 aliphatic rings. The second kappa shape index (κ2) is 6.95. The largest absolute Gasteiger partial charge is 0.481 e. The van der Waals surface area contributed by atoms with Crippen LogP contribution in [0.4, 0.5) is 4.79 Å². The van der Waals surface area contributed by atoms with Gasteiger partial charge in [0.15, 0.2) is 0 Å². The van der Waals surface area contributed by atoms with Crippen LogP contribution in [0.3, 0.4) is 0 Å². The molecule has 2 amide bonds. The molecule has 114 valence electrons. The number of carboxylic acid groups (broad SMARTS) is 1. The maximum atomic E-state index is 12.2. The summed E-state index contributed by atoms with van der Waals surface area (Å²) in [5.74, 6) is -0.570. The summed E-state index contributed by atoms with van der Waals surface area (Å²) in [4.78, 5) is 24.8. The van der Waals surface area contributed by atoms with E-state index in [1.165, 1.54) is 32.1 Å². The molecule has 0 bridgehead atoms. The van der Waals surface area contributed by atoms with Gasteiger partial charge in [-0.25, -0.2) is 4.79 Å². The highest BCUT2D eigenvalue weighted by molar-refractivity contribution is 5.77. The first-order valence-corrected chi connectivity index (χ1v) is 7.90. The van der Waals surface area contributed by atoms with Crippen molar-refractivity contribution in [3.8, 4) is 0 Å². The van der Waals surface area contributed by atoms with Crippen LogP contribution < -0.4 is 5.32 Å². The number of carbonyl (C=O) groups excluding carboxylic acids is 1. The van der Waals surface area contributed by atoms with Gasteiger partial charge >= 0.3 is 12.0 Å². The highest BCUT2D eigenvalue weighted by atomic mass is 16.4. The minimum absolute atomic E-state index is 0.0675. The van der Waals surface area contributed by atoms with E-state index in [-0.39, 0.29) is 18.0 Å². The number of urea groups is 1. The number of carbonyl (C=O) groups is 2. The summed E-state index contributed by atoms with van der Waals surface area (Å²) in [5.41, 5.74) is 0. The van der Waals surface area contributed by atoms with Crippen molar-refractivity contribution < 1.29 is 14.7 Å². The van der Waals surface area contributed by atoms with Crippen molar-refractivity contribution in [2.75, 3.05) is 13.1 Å². The summed E-state index contributed by atoms with van der Waals surface area (Å²) in [6, 6.07) is 0.222. The lowest BCUT2D eigenvalue weighted by molar-refractivity contribution is -0.141. The average molecular weight is 282 g/mol. The molecule has 0 spiro atoms. The van der Waals surface area contributed by atoms with Crippen LogP contribution in [0.15, 0.2) is 0 Å². The Kier molecular flexibility index (Phi) is 5.26. The number of hydrogen-bond acceptors (Lipinski definition) is 2. The lowest BCUT2D eigenvalue weighted by atomic mass is 9.97. The van der Waals surface area contributed by atoms with E-state index >= 15 is 0 Å². The van der Waals surface area contributed by atoms with Crippen molar-refractivity contribution in [3.05, 3.63) is 0 Å². The Balaban J connectivity index is 1.80. The van der Waals surface area contributed by atoms with Crippen LogP contribution in [0.25, 0.3) is 0 Å². The van der Waals surface area contributed by atoms with E-state index in [4.69, 9.17) is 5.11 Å². The average Bonchev–Trinajstić information content (AvgIpc) is 3.05. The third-order valence-electron chi connectivity index (χ3n) is 4.72. The van der Waals surface area contributed by atoms with Crippen LogP contribution in [-0.2, 0) is 4.79 Å². The summed E-state index contributed by atoms with van der Waals surface area (Å²) in [5, 5.41) is 12.1. The van der Waals surface area contributed by atoms with Crippen LogP contribution in [-0.4, -0.2) is 41.1 Å². The molecule has 5 heteroatoms. The monoisotopic (exact) mass is 282 g/mol. The SMILES string of the molecule is CCCCC1CCCC1NC(=O)N1CCC(C(=O)O)C1. The van der Waals surface area contributed by atoms with E-state index in [1.807, 2.05) is 0 Å². The fraction of sp³-hybridized carbons (Fsp3) is 0.867. The summed E-state index contributed by atoms with van der Waals surface area (Å²) >= 11 is 0. The van der Waals surface area contributed by atoms with Crippen molar-refractivity contribution in [3.63, 3.8) is 0 Å². The number of aliphatic carboxylic acids is 1. The molecule has 1 saturated heterocycles. The zero-order chi connectivity index (χ0) is 14.5. The van der Waals surface area contributed by atoms with Gasteiger partial charge in [0.2, 0.25) is 0 Å². The first-order valence-electron chi connectivity index (χ1n) is 7.90. The van der Waals surface area contributed by atoms with E-state index in [1.54, 1.807) is 4.90 Å². The fourth-order valence-electron chi connectivity index (χ4n) is 3.43. The Hall–Kier alpha value is -1.26. The molecule has 3 unspecified atom stereocenters. The van der Waals surface area contributed by atoms with Gasteiger partial charge in [0.05, 0.1) is 5.92 Å². The molecule has 0 aromatic carbocycles. The summed E-state index contributed by atoms with van der Waals surface area (Å²) < 4.78 is 0. The number of nitrogens with zero attached hydrogens (tertiary/aromatic N) is 1. The van der Waals surface area contributed by atoms with E-state index in [9.17, 15) is 9.59 Å². The molecule has 1 aliphatic heterocycles. The molecule has 1 heterocycles. The number of nitrogens with one attached hydrogen (secondary N) is 1. The molecule has 0 aromatic rings. The molecule has 2 N–H and O–H groups in total. The number of hydrogen-bond donors (Lipinski definition) is 2. The molecule has 1 saturated carbocycles. The first kappa shape index (κ1) is 15.1. The van der Waals surface area contributed by atoms with Gasteiger partial charge in [-0.15, -0.1) is 0 Å². The Morgan fingerprint density at radius 2 is 2.10 bits per heavy atom. The van der Waals surface area contributed by atoms with Crippen LogP contribution in [0.2, 0.25) is 0 Å². The lowest BCUT2D eigenvalue weighted by Crippen LogP contribution is -2.45. The normalized spacial score (nSPS) is 29.6. The maximum absolute atomic E-state index is 12.2. The standard InChI is InChI=1S/C15H26N2O3/c1-2-3-5-11-6-4-7-13(11)16-15(20)17-9-8-12(10-17)14(18)19/h11-13H,2-10H2,1H3,(H,16,20)(H,18,19). The molecular weight excluding hydrogens is 256 g/mol. The topological polar surface area (TPSA) is 69.6 Å². The second-order valence-corrected chi connectivity index (χ2v) is 6.16. The molecule has 3 atom stereocenters. The van der Waals surface area contributed by atoms with Crippen molar-refractivity contribution in [2.24, 2.45) is 11.8 Å². The van der Waals surface area contributed by atoms with Gasteiger partial charge in [0, 0.05) is 19.1 Å². The van der Waals surface area contributed by atoms with Crippen molar-refractivity contribution in [2.45, 2.75) is 57.9 Å². The number of amides is 2. The number of likely N-dealkylation sites (tertiary alicyclic amines) is 1. The lowest BCUT2D eigenvalue weighted by Gasteiger charge is -2.24. The molecule has 1 aliphatic carbocycles. The van der Waals surface area contributed by atoms with Gasteiger partial charge in [-0.05, 0) is 31.6 Å². The summed E-state index contributed by atoms with van der Waals surface area (Å²) in [7, 11) is 0. The summed E-state index contributed by atoms with van der Waals surface area (Å²) in [6.45, 7) is 3.11. The van der Waals surface area contributed by atoms with Crippen LogP contribution in [0.1, 0.15) is 51.9 Å². The first-order chi connectivity index (χ1) is 9.61. The third-order valence-corrected chi connectivity index (χ3v) is 4.72. The van der Waals surface area contributed by atoms with E-state index in [0.29, 0.717) is 25.4 Å². The maximum Gasteiger partial charge on any atom is 0.317 e. The molecule has 0 radical (unpaired) electrons. The second-order valence-electron chi connectivity index (χ2n) is 6.16. The quantitative estimate of drug-likeness (QED) is 0.813. The Labute approximate surface area is 120 Å². The zero-order valence-corrected chi connectivity index (χ0v) is 12.3. The number of unbranched alkanes of at least 4 members (excludes halogenated alkanes) is 1. The molecule has 5 nitrogen and oxygen atoms in total. The third kappa shape index (κ3) is 3.64. The predicted molar refractivity (Wildman–Crippen MR) is 76.5 cm³/mol. The minimum atomic E-state index is -0.790. The van der Waals surface area contributed by atoms with Crippen LogP contribution >= 0.6 is 0 Å². The van der Waals surface area contributed by atoms with Gasteiger partial charge in [-0.3, -0.25) is 4.79 Å². The molecule has 2 rings (SSSR count). The molecule has 20 heavy (non-hydrogen) atoms. The highest BCUT2D eigenvalue weighted by Gasteiger charge is 2.34. The van der Waals surface area contributed by atoms with E-state index < -0.39 is 5.97 Å². The van der Waals surface area contributed by atoms with Crippen molar-refractivity contribution in [1.82, 2.24) is 10.2 Å². The Morgan fingerprint density at radius 1 is 1.30 bits per heavy atom. The predicted octanol–water partition coefficient (Wildman–Crippen LogP) is 2.46. The summed E-state index contributed by atoms with van der Waals surface area (Å²) in [6.07, 6.45) is 7.66. The molecule has 0 aromatic heterocycles. The minimum Gasteiger partial charge on any atom is -0.481 e. The Bertz CT molecular complexity index is 359. The van der Waals surface area contributed by atoms with Crippen molar-refractivity contribution in [1.29, 1.82) is 0 Å². The van der Waals surface area contributed by atoms with Gasteiger partial charge < -0.3 is 15.3 Å². The Morgan fingerprint density at radius 3 is 2.75 bits per heavy atom. The van der Waals surface area contributed by atoms with Gasteiger partial charge in [-0.2, -0.15) is 0 Å². The van der Waals surface area contributed by atoms with Gasteiger partial charge in [0.1, 0.15) is 0 Å². The number of carboxylic acids is 1. The van der Waals surface area contributed by atoms with Gasteiger partial charge in [0.25, 0.3) is 0 Å². The smallest absolute Gasteiger partial charge is 0.317 e.